The smallest absolute Gasteiger partial charge is 0.410 e. The Morgan fingerprint density at radius 3 is 1.46 bits per heavy atom. The Morgan fingerprint density at radius 1 is 0.526 bits per heavy atom. The van der Waals surface area contributed by atoms with Gasteiger partial charge in [0.2, 0.25) is 5.95 Å². The number of para-hydroxylation sites is 2. The topological polar surface area (TPSA) is 195 Å². The average molecular weight is 1350 g/mol. The van der Waals surface area contributed by atoms with Crippen molar-refractivity contribution in [1.82, 2.24) is 54.9 Å². The molecular formula is C71H98ClFN14O6Si2. The molecule has 3 aromatic carbocycles. The maximum atomic E-state index is 13.5. The van der Waals surface area contributed by atoms with Crippen LogP contribution in [0.3, 0.4) is 0 Å². The lowest BCUT2D eigenvalue weighted by molar-refractivity contribution is 0.0223. The standard InChI is InChI=1S/C27H39N5O3Si.C18H22FN3OSi.C17H18N4.C9H18N2O2.ClH/c1-27(2,3)35-26(33)31-15-13-30(14-16-31)24-19-21(11-12-28-24)25-22-9-7-8-10-23(22)32(29-25)20-34-17-18-36(4,5)6;1-24(2,3)11-10-23-13-22-16-7-5-4-6-15(16)18(21-22)14-8-9-20-17(19)12-14;1-2-4-15-14(3-1)12-20-17(15)13-5-6-19-16(11-13)21-9-7-18-8-10-21;1-9(2,3)13-8(12)11-6-4-10-5-7-11;/h7-12,19H,13-18,20H2,1-6H3;4-9,12H,10-11,13H2,1-3H3;1-6,11,18H,7-10,12H2;10H,4-7H2,1-3H3;1H. The first kappa shape index (κ1) is 73.2. The van der Waals surface area contributed by atoms with E-state index in [1.807, 2.05) is 106 Å². The van der Waals surface area contributed by atoms with E-state index < -0.39 is 27.7 Å². The van der Waals surface area contributed by atoms with Crippen LogP contribution in [-0.4, -0.2) is 181 Å². The normalized spacial score (nSPS) is 15.1. The number of anilines is 2. The minimum atomic E-state index is -1.14. The van der Waals surface area contributed by atoms with Gasteiger partial charge in [-0.3, -0.25) is 4.99 Å². The van der Waals surface area contributed by atoms with Gasteiger partial charge in [-0.2, -0.15) is 14.6 Å². The summed E-state index contributed by atoms with van der Waals surface area (Å²) in [5, 5.41) is 18.2. The lowest BCUT2D eigenvalue weighted by Crippen LogP contribution is -2.50. The molecule has 510 valence electrons. The third kappa shape index (κ3) is 21.7. The molecule has 0 atom stereocenters. The molecule has 2 N–H and O–H groups in total. The molecule has 0 radical (unpaired) electrons. The molecule has 24 heteroatoms. The van der Waals surface area contributed by atoms with Crippen LogP contribution in [0.5, 0.6) is 0 Å². The molecule has 4 aliphatic heterocycles. The predicted molar refractivity (Wildman–Crippen MR) is 387 cm³/mol. The van der Waals surface area contributed by atoms with Crippen LogP contribution in [0.25, 0.3) is 44.3 Å². The summed E-state index contributed by atoms with van der Waals surface area (Å²) in [6.45, 7) is 38.4. The number of aliphatic imine (C=N–C) groups is 1. The number of nitrogens with zero attached hydrogens (tertiary/aromatic N) is 12. The average Bonchev–Trinajstić information content (AvgIpc) is 1.66. The van der Waals surface area contributed by atoms with Crippen LogP contribution in [0.1, 0.15) is 58.2 Å². The van der Waals surface area contributed by atoms with Crippen LogP contribution in [-0.2, 0) is 39.0 Å². The van der Waals surface area contributed by atoms with Crippen molar-refractivity contribution < 1.29 is 32.9 Å². The molecule has 4 aliphatic rings. The fourth-order valence-electron chi connectivity index (χ4n) is 10.9. The van der Waals surface area contributed by atoms with Gasteiger partial charge in [-0.05, 0) is 102 Å². The first-order valence-corrected chi connectivity index (χ1v) is 40.4. The van der Waals surface area contributed by atoms with Crippen LogP contribution >= 0.6 is 12.4 Å². The first-order valence-electron chi connectivity index (χ1n) is 33.0. The Kier molecular flexibility index (Phi) is 25.7. The summed E-state index contributed by atoms with van der Waals surface area (Å²) in [5.74, 6) is 1.44. The van der Waals surface area contributed by atoms with Gasteiger partial charge in [-0.25, -0.2) is 33.9 Å². The Bertz CT molecular complexity index is 3820. The summed E-state index contributed by atoms with van der Waals surface area (Å²) in [6, 6.07) is 38.4. The van der Waals surface area contributed by atoms with Gasteiger partial charge >= 0.3 is 12.2 Å². The van der Waals surface area contributed by atoms with Crippen LogP contribution in [0.15, 0.2) is 133 Å². The zero-order chi connectivity index (χ0) is 67.0. The van der Waals surface area contributed by atoms with E-state index in [2.05, 4.69) is 134 Å². The Labute approximate surface area is 568 Å². The molecule has 12 rings (SSSR count). The summed E-state index contributed by atoms with van der Waals surface area (Å²) in [4.78, 5) is 49.4. The number of carbonyl (C=O) groups excluding carboxylic acids is 2. The van der Waals surface area contributed by atoms with Crippen LogP contribution in [0.2, 0.25) is 51.4 Å². The quantitative estimate of drug-likeness (QED) is 0.0558. The van der Waals surface area contributed by atoms with Gasteiger partial charge in [-0.1, -0.05) is 99.9 Å². The van der Waals surface area contributed by atoms with Gasteiger partial charge in [-0.15, -0.1) is 12.4 Å². The van der Waals surface area contributed by atoms with Crippen molar-refractivity contribution in [3.63, 3.8) is 0 Å². The van der Waals surface area contributed by atoms with Gasteiger partial charge in [0.1, 0.15) is 47.7 Å². The Balaban J connectivity index is 0.000000171. The number of pyridine rings is 3. The summed E-state index contributed by atoms with van der Waals surface area (Å²) in [5.41, 5.74) is 9.43. The first-order chi connectivity index (χ1) is 44.8. The SMILES string of the molecule is CC(C)(C)OC(=O)N1CCN(c2cc(-c3nn(COCC[Si](C)(C)C)c4ccccc34)ccn2)CC1.CC(C)(C)OC(=O)N1CCNCC1.C[Si](C)(C)CCOCn1nc(-c2ccnc(F)c2)c2ccccc21.Cl.c1ccc2c(c1)CN=C2c1ccnc(N2CCNCC2)c1. The van der Waals surface area contributed by atoms with Crippen molar-refractivity contribution in [2.24, 2.45) is 4.99 Å². The van der Waals surface area contributed by atoms with Gasteiger partial charge in [0.15, 0.2) is 0 Å². The fourth-order valence-corrected chi connectivity index (χ4v) is 12.4. The largest absolute Gasteiger partial charge is 0.444 e. The van der Waals surface area contributed by atoms with Crippen molar-refractivity contribution in [2.75, 3.05) is 102 Å². The number of ether oxygens (including phenoxy) is 4. The third-order valence-corrected chi connectivity index (χ3v) is 19.3. The van der Waals surface area contributed by atoms with E-state index >= 15 is 0 Å². The zero-order valence-corrected chi connectivity index (χ0v) is 60.5. The molecule has 3 saturated heterocycles. The second-order valence-corrected chi connectivity index (χ2v) is 39.6. The molecule has 20 nitrogen and oxygen atoms in total. The summed E-state index contributed by atoms with van der Waals surface area (Å²) in [6.07, 6.45) is 4.74. The van der Waals surface area contributed by atoms with E-state index in [-0.39, 0.29) is 30.2 Å². The highest BCUT2D eigenvalue weighted by Gasteiger charge is 2.28. The predicted octanol–water partition coefficient (Wildman–Crippen LogP) is 13.1. The van der Waals surface area contributed by atoms with Gasteiger partial charge in [0, 0.05) is 166 Å². The molecule has 3 fully saturated rings. The van der Waals surface area contributed by atoms with Crippen LogP contribution in [0.4, 0.5) is 25.6 Å². The number of amides is 2. The number of hydrogen-bond acceptors (Lipinski definition) is 16. The molecule has 8 aromatic rings. The van der Waals surface area contributed by atoms with E-state index in [1.165, 1.54) is 29.0 Å². The molecule has 0 spiro atoms. The lowest BCUT2D eigenvalue weighted by atomic mass is 10.0. The monoisotopic (exact) mass is 1350 g/mol. The highest BCUT2D eigenvalue weighted by atomic mass is 35.5. The molecule has 5 aromatic heterocycles. The van der Waals surface area contributed by atoms with E-state index in [9.17, 15) is 14.0 Å². The molecule has 0 aliphatic carbocycles. The van der Waals surface area contributed by atoms with Crippen LogP contribution < -0.4 is 20.4 Å². The van der Waals surface area contributed by atoms with Crippen molar-refractivity contribution in [3.05, 3.63) is 150 Å². The molecule has 0 saturated carbocycles. The number of carbonyl (C=O) groups is 2. The van der Waals surface area contributed by atoms with Gasteiger partial charge < -0.3 is 49.2 Å². The van der Waals surface area contributed by atoms with Crippen LogP contribution in [0, 0.1) is 5.95 Å². The minimum absolute atomic E-state index is 0. The number of aromatic nitrogens is 7. The fraction of sp³-hybridized carbons (Fsp3) is 0.465. The van der Waals surface area contributed by atoms with Crippen molar-refractivity contribution in [3.8, 4) is 22.5 Å². The van der Waals surface area contributed by atoms with Crippen molar-refractivity contribution >= 4 is 79.9 Å². The number of piperazine rings is 3. The van der Waals surface area contributed by atoms with Gasteiger partial charge in [0.25, 0.3) is 0 Å². The number of halogens is 2. The molecule has 0 bridgehead atoms. The number of rotatable bonds is 15. The second kappa shape index (κ2) is 33.3. The number of nitrogens with one attached hydrogen (secondary N) is 2. The highest BCUT2D eigenvalue weighted by Crippen LogP contribution is 2.32. The minimum Gasteiger partial charge on any atom is -0.444 e. The van der Waals surface area contributed by atoms with Gasteiger partial charge in [0.05, 0.1) is 23.3 Å². The summed E-state index contributed by atoms with van der Waals surface area (Å²) >= 11 is 0. The van der Waals surface area contributed by atoms with E-state index in [0.29, 0.717) is 39.6 Å². The number of hydrogen-bond donors (Lipinski definition) is 2. The number of benzene rings is 3. The second-order valence-electron chi connectivity index (χ2n) is 28.3. The summed E-state index contributed by atoms with van der Waals surface area (Å²) < 4.78 is 39.8. The molecule has 0 unspecified atom stereocenters. The van der Waals surface area contributed by atoms with Crippen molar-refractivity contribution in [2.45, 2.75) is 124 Å². The molecule has 9 heterocycles. The Hall–Kier alpha value is -7.65. The maximum absolute atomic E-state index is 13.5. The maximum Gasteiger partial charge on any atom is 0.410 e. The molecular weight excluding hydrogens is 1260 g/mol. The Morgan fingerprint density at radius 2 is 0.958 bits per heavy atom. The van der Waals surface area contributed by atoms with Crippen molar-refractivity contribution in [1.29, 1.82) is 0 Å². The van der Waals surface area contributed by atoms with E-state index in [4.69, 9.17) is 29.0 Å². The van der Waals surface area contributed by atoms with E-state index in [0.717, 1.165) is 146 Å². The number of fused-ring (bicyclic) bond motifs is 3. The summed E-state index contributed by atoms with van der Waals surface area (Å²) in [7, 11) is -2.24. The highest BCUT2D eigenvalue weighted by molar-refractivity contribution is 6.76. The lowest BCUT2D eigenvalue weighted by Gasteiger charge is -2.36. The zero-order valence-electron chi connectivity index (χ0n) is 57.7. The molecule has 2 amide bonds. The third-order valence-electron chi connectivity index (χ3n) is 15.9. The van der Waals surface area contributed by atoms with E-state index in [1.54, 1.807) is 15.9 Å². The molecule has 95 heavy (non-hydrogen) atoms.